The van der Waals surface area contributed by atoms with E-state index in [0.717, 1.165) is 5.75 Å². The van der Waals surface area contributed by atoms with Crippen molar-refractivity contribution in [3.63, 3.8) is 0 Å². The van der Waals surface area contributed by atoms with Crippen molar-refractivity contribution in [2.75, 3.05) is 12.8 Å². The first-order valence-corrected chi connectivity index (χ1v) is 5.63. The van der Waals surface area contributed by atoms with Crippen LogP contribution in [0.1, 0.15) is 0 Å². The average molecular weight is 305 g/mol. The topological polar surface area (TPSA) is 35.2 Å². The summed E-state index contributed by atoms with van der Waals surface area (Å²) in [4.78, 5) is 0. The van der Waals surface area contributed by atoms with Gasteiger partial charge in [-0.2, -0.15) is 0 Å². The van der Waals surface area contributed by atoms with Crippen molar-refractivity contribution < 1.29 is 4.74 Å². The van der Waals surface area contributed by atoms with Crippen LogP contribution in [0.5, 0.6) is 5.75 Å². The third-order valence-electron chi connectivity index (χ3n) is 1.84. The lowest BCUT2D eigenvalue weighted by Gasteiger charge is -2.03. The third-order valence-corrected chi connectivity index (χ3v) is 3.70. The molecule has 0 spiro atoms. The van der Waals surface area contributed by atoms with Crippen molar-refractivity contribution in [1.82, 2.24) is 0 Å². The number of ether oxygens (including phenoxy) is 1. The predicted octanol–water partition coefficient (Wildman–Crippen LogP) is 3.10. The molecule has 68 valence electrons. The molecule has 0 amide bonds. The Bertz CT molecular complexity index is 452. The molecule has 0 atom stereocenters. The van der Waals surface area contributed by atoms with E-state index in [-0.39, 0.29) is 0 Å². The van der Waals surface area contributed by atoms with E-state index in [1.54, 1.807) is 18.4 Å². The standard InChI is InChI=1S/C9H8INOS/c1-12-7-4-8-5(2-6(7)11)3-9(10)13-8/h2-4H,11H2,1H3. The lowest BCUT2D eigenvalue weighted by Crippen LogP contribution is -1.90. The van der Waals surface area contributed by atoms with E-state index in [9.17, 15) is 0 Å². The van der Waals surface area contributed by atoms with Gasteiger partial charge in [0.25, 0.3) is 0 Å². The van der Waals surface area contributed by atoms with Crippen LogP contribution in [0.4, 0.5) is 5.69 Å². The van der Waals surface area contributed by atoms with Crippen LogP contribution in [-0.2, 0) is 0 Å². The van der Waals surface area contributed by atoms with Gasteiger partial charge in [-0.3, -0.25) is 0 Å². The summed E-state index contributed by atoms with van der Waals surface area (Å²) in [6, 6.07) is 6.06. The molecule has 0 aliphatic carbocycles. The fourth-order valence-electron chi connectivity index (χ4n) is 1.23. The van der Waals surface area contributed by atoms with E-state index >= 15 is 0 Å². The van der Waals surface area contributed by atoms with Gasteiger partial charge in [-0.15, -0.1) is 11.3 Å². The van der Waals surface area contributed by atoms with Gasteiger partial charge in [0, 0.05) is 10.8 Å². The minimum Gasteiger partial charge on any atom is -0.495 e. The summed E-state index contributed by atoms with van der Waals surface area (Å²) in [5.41, 5.74) is 6.48. The first kappa shape index (κ1) is 9.08. The summed E-state index contributed by atoms with van der Waals surface area (Å²) in [6.07, 6.45) is 0. The number of anilines is 1. The van der Waals surface area contributed by atoms with Crippen molar-refractivity contribution in [1.29, 1.82) is 0 Å². The molecule has 0 fully saturated rings. The first-order chi connectivity index (χ1) is 6.20. The molecule has 13 heavy (non-hydrogen) atoms. The second-order valence-electron chi connectivity index (χ2n) is 2.68. The highest BCUT2D eigenvalue weighted by Gasteiger charge is 2.04. The minimum absolute atomic E-state index is 0.698. The largest absolute Gasteiger partial charge is 0.495 e. The zero-order chi connectivity index (χ0) is 9.42. The number of rotatable bonds is 1. The number of hydrogen-bond acceptors (Lipinski definition) is 3. The smallest absolute Gasteiger partial charge is 0.143 e. The van der Waals surface area contributed by atoms with E-state index in [1.165, 1.54) is 13.0 Å². The Balaban J connectivity index is 2.72. The highest BCUT2D eigenvalue weighted by molar-refractivity contribution is 14.1. The van der Waals surface area contributed by atoms with E-state index in [4.69, 9.17) is 10.5 Å². The van der Waals surface area contributed by atoms with Crippen molar-refractivity contribution >= 4 is 49.7 Å². The quantitative estimate of drug-likeness (QED) is 0.649. The van der Waals surface area contributed by atoms with Gasteiger partial charge in [0.1, 0.15) is 5.75 Å². The fourth-order valence-corrected chi connectivity index (χ4v) is 3.08. The molecular weight excluding hydrogens is 297 g/mol. The number of methoxy groups -OCH3 is 1. The minimum atomic E-state index is 0.698. The molecule has 2 N–H and O–H groups in total. The van der Waals surface area contributed by atoms with Crippen LogP contribution < -0.4 is 10.5 Å². The normalized spacial score (nSPS) is 10.6. The Kier molecular flexibility index (Phi) is 2.33. The third kappa shape index (κ3) is 1.60. The first-order valence-electron chi connectivity index (χ1n) is 3.73. The highest BCUT2D eigenvalue weighted by Crippen LogP contribution is 2.33. The van der Waals surface area contributed by atoms with Gasteiger partial charge in [0.05, 0.1) is 15.7 Å². The molecular formula is C9H8INOS. The van der Waals surface area contributed by atoms with Gasteiger partial charge < -0.3 is 10.5 Å². The molecule has 0 bridgehead atoms. The van der Waals surface area contributed by atoms with Gasteiger partial charge in [0.15, 0.2) is 0 Å². The predicted molar refractivity (Wildman–Crippen MR) is 65.5 cm³/mol. The Labute approximate surface area is 93.8 Å². The van der Waals surface area contributed by atoms with E-state index < -0.39 is 0 Å². The second kappa shape index (κ2) is 3.34. The molecule has 1 aromatic heterocycles. The maximum Gasteiger partial charge on any atom is 0.143 e. The van der Waals surface area contributed by atoms with Crippen LogP contribution >= 0.6 is 33.9 Å². The van der Waals surface area contributed by atoms with Gasteiger partial charge in [0.2, 0.25) is 0 Å². The van der Waals surface area contributed by atoms with Crippen LogP contribution in [0, 0.1) is 2.88 Å². The summed E-state index contributed by atoms with van der Waals surface area (Å²) >= 11 is 4.05. The van der Waals surface area contributed by atoms with Gasteiger partial charge >= 0.3 is 0 Å². The molecule has 0 unspecified atom stereocenters. The van der Waals surface area contributed by atoms with Crippen molar-refractivity contribution in [3.05, 3.63) is 21.1 Å². The number of hydrogen-bond donors (Lipinski definition) is 1. The van der Waals surface area contributed by atoms with E-state index in [0.29, 0.717) is 5.69 Å². The van der Waals surface area contributed by atoms with Crippen molar-refractivity contribution in [3.8, 4) is 5.75 Å². The summed E-state index contributed by atoms with van der Waals surface area (Å²) in [6.45, 7) is 0. The Hall–Kier alpha value is -0.490. The molecule has 0 aliphatic heterocycles. The summed E-state index contributed by atoms with van der Waals surface area (Å²) in [5, 5.41) is 1.19. The number of halogens is 1. The van der Waals surface area contributed by atoms with E-state index in [2.05, 4.69) is 28.7 Å². The zero-order valence-corrected chi connectivity index (χ0v) is 9.98. The maximum atomic E-state index is 5.78. The number of nitrogen functional groups attached to an aromatic ring is 1. The molecule has 2 nitrogen and oxygen atoms in total. The second-order valence-corrected chi connectivity index (χ2v) is 5.66. The molecule has 1 aromatic carbocycles. The Morgan fingerprint density at radius 1 is 1.38 bits per heavy atom. The van der Waals surface area contributed by atoms with Crippen molar-refractivity contribution in [2.45, 2.75) is 0 Å². The molecule has 2 aromatic rings. The molecule has 4 heteroatoms. The molecule has 2 rings (SSSR count). The van der Waals surface area contributed by atoms with E-state index in [1.807, 2.05) is 12.1 Å². The molecule has 0 radical (unpaired) electrons. The van der Waals surface area contributed by atoms with Gasteiger partial charge in [-0.05, 0) is 40.1 Å². The number of nitrogens with two attached hydrogens (primary N) is 1. The summed E-state index contributed by atoms with van der Waals surface area (Å²) in [7, 11) is 1.64. The lowest BCUT2D eigenvalue weighted by atomic mass is 10.2. The van der Waals surface area contributed by atoms with Crippen LogP contribution in [0.2, 0.25) is 0 Å². The molecule has 0 saturated carbocycles. The van der Waals surface area contributed by atoms with Crippen molar-refractivity contribution in [2.24, 2.45) is 0 Å². The zero-order valence-electron chi connectivity index (χ0n) is 7.00. The highest BCUT2D eigenvalue weighted by atomic mass is 127. The SMILES string of the molecule is COc1cc2sc(I)cc2cc1N. The van der Waals surface area contributed by atoms with Gasteiger partial charge in [-0.1, -0.05) is 0 Å². The van der Waals surface area contributed by atoms with Crippen LogP contribution in [0.3, 0.4) is 0 Å². The Morgan fingerprint density at radius 3 is 2.85 bits per heavy atom. The van der Waals surface area contributed by atoms with Crippen LogP contribution in [0.25, 0.3) is 10.1 Å². The van der Waals surface area contributed by atoms with Gasteiger partial charge in [-0.25, -0.2) is 0 Å². The Morgan fingerprint density at radius 2 is 2.15 bits per heavy atom. The summed E-state index contributed by atoms with van der Waals surface area (Å²) in [5.74, 6) is 0.755. The molecule has 0 saturated heterocycles. The maximum absolute atomic E-state index is 5.78. The fraction of sp³-hybridized carbons (Fsp3) is 0.111. The number of thiophene rings is 1. The lowest BCUT2D eigenvalue weighted by molar-refractivity contribution is 0.417. The summed E-state index contributed by atoms with van der Waals surface area (Å²) < 4.78 is 7.62. The molecule has 0 aliphatic rings. The monoisotopic (exact) mass is 305 g/mol. The van der Waals surface area contributed by atoms with Crippen LogP contribution in [-0.4, -0.2) is 7.11 Å². The number of fused-ring (bicyclic) bond motifs is 1. The molecule has 1 heterocycles. The van der Waals surface area contributed by atoms with Crippen LogP contribution in [0.15, 0.2) is 18.2 Å². The number of benzene rings is 1. The average Bonchev–Trinajstić information content (AvgIpc) is 2.42.